The third-order valence-electron chi connectivity index (χ3n) is 4.98. The monoisotopic (exact) mass is 288 g/mol. The summed E-state index contributed by atoms with van der Waals surface area (Å²) in [6.07, 6.45) is 2.40. The van der Waals surface area contributed by atoms with Crippen LogP contribution in [0.2, 0.25) is 0 Å². The van der Waals surface area contributed by atoms with E-state index in [2.05, 4.69) is 69.1 Å². The highest BCUT2D eigenvalue weighted by Gasteiger charge is 2.33. The first-order chi connectivity index (χ1) is 9.91. The lowest BCUT2D eigenvalue weighted by Gasteiger charge is -2.45. The summed E-state index contributed by atoms with van der Waals surface area (Å²) in [7, 11) is 0. The third-order valence-corrected chi connectivity index (χ3v) is 4.98. The molecule has 0 aromatic heterocycles. The van der Waals surface area contributed by atoms with E-state index in [9.17, 15) is 0 Å². The van der Waals surface area contributed by atoms with E-state index in [-0.39, 0.29) is 0 Å². The Morgan fingerprint density at radius 3 is 2.57 bits per heavy atom. The topological polar surface area (TPSA) is 15.3 Å². The van der Waals surface area contributed by atoms with E-state index in [0.29, 0.717) is 17.5 Å². The number of benzene rings is 1. The Kier molecular flexibility index (Phi) is 5.45. The molecule has 0 spiro atoms. The zero-order valence-corrected chi connectivity index (χ0v) is 14.4. The number of nitrogens with zero attached hydrogens (tertiary/aromatic N) is 1. The van der Waals surface area contributed by atoms with E-state index >= 15 is 0 Å². The van der Waals surface area contributed by atoms with Gasteiger partial charge in [-0.15, -0.1) is 0 Å². The van der Waals surface area contributed by atoms with Crippen molar-refractivity contribution in [2.75, 3.05) is 19.6 Å². The molecule has 1 aromatic carbocycles. The second-order valence-corrected chi connectivity index (χ2v) is 7.56. The molecule has 1 aliphatic rings. The number of rotatable bonds is 4. The van der Waals surface area contributed by atoms with E-state index in [1.807, 2.05) is 0 Å². The van der Waals surface area contributed by atoms with E-state index in [0.717, 1.165) is 6.54 Å². The van der Waals surface area contributed by atoms with Crippen LogP contribution in [0.4, 0.5) is 0 Å². The van der Waals surface area contributed by atoms with Crippen molar-refractivity contribution in [3.8, 4) is 0 Å². The second-order valence-electron chi connectivity index (χ2n) is 7.56. The minimum atomic E-state index is 0.333. The lowest BCUT2D eigenvalue weighted by atomic mass is 9.84. The molecule has 1 heterocycles. The van der Waals surface area contributed by atoms with Gasteiger partial charge in [-0.05, 0) is 36.3 Å². The highest BCUT2D eigenvalue weighted by molar-refractivity contribution is 5.25. The second kappa shape index (κ2) is 6.93. The first-order valence-corrected chi connectivity index (χ1v) is 8.43. The lowest BCUT2D eigenvalue weighted by molar-refractivity contribution is 0.0846. The van der Waals surface area contributed by atoms with Crippen molar-refractivity contribution in [2.45, 2.75) is 59.5 Å². The summed E-state index contributed by atoms with van der Waals surface area (Å²) in [4.78, 5) is 2.71. The summed E-state index contributed by atoms with van der Waals surface area (Å²) < 4.78 is 0. The van der Waals surface area contributed by atoms with Gasteiger partial charge < -0.3 is 5.32 Å². The van der Waals surface area contributed by atoms with E-state index < -0.39 is 0 Å². The molecule has 0 radical (unpaired) electrons. The van der Waals surface area contributed by atoms with Crippen molar-refractivity contribution in [1.82, 2.24) is 10.2 Å². The molecule has 1 fully saturated rings. The predicted octanol–water partition coefficient (Wildman–Crippen LogP) is 3.64. The fourth-order valence-electron chi connectivity index (χ4n) is 3.27. The first-order valence-electron chi connectivity index (χ1n) is 8.43. The van der Waals surface area contributed by atoms with Crippen molar-refractivity contribution in [3.63, 3.8) is 0 Å². The average molecular weight is 288 g/mol. The molecular formula is C19H32N2. The van der Waals surface area contributed by atoms with Gasteiger partial charge in [-0.25, -0.2) is 0 Å². The molecule has 2 unspecified atom stereocenters. The standard InChI is InChI=1S/C19H32N2/c1-6-17-13-20-18(19(3,4)5)14-21(17)12-11-16-10-8-7-9-15(16)2/h7-10,17-18,20H,6,11-14H2,1-5H3. The largest absolute Gasteiger partial charge is 0.311 e. The van der Waals surface area contributed by atoms with Gasteiger partial charge >= 0.3 is 0 Å². The van der Waals surface area contributed by atoms with Crippen LogP contribution in [-0.2, 0) is 6.42 Å². The summed E-state index contributed by atoms with van der Waals surface area (Å²) >= 11 is 0. The maximum absolute atomic E-state index is 3.76. The Balaban J connectivity index is 2.00. The van der Waals surface area contributed by atoms with Crippen LogP contribution in [0.1, 0.15) is 45.2 Å². The van der Waals surface area contributed by atoms with Gasteiger partial charge in [0.25, 0.3) is 0 Å². The molecule has 1 saturated heterocycles. The van der Waals surface area contributed by atoms with Crippen LogP contribution in [0.25, 0.3) is 0 Å². The minimum absolute atomic E-state index is 0.333. The molecule has 2 nitrogen and oxygen atoms in total. The molecule has 2 rings (SSSR count). The van der Waals surface area contributed by atoms with Gasteiger partial charge in [0.15, 0.2) is 0 Å². The number of aryl methyl sites for hydroxylation is 1. The third kappa shape index (κ3) is 4.31. The fourth-order valence-corrected chi connectivity index (χ4v) is 3.27. The molecule has 118 valence electrons. The van der Waals surface area contributed by atoms with Gasteiger partial charge in [-0.2, -0.15) is 0 Å². The molecule has 2 heteroatoms. The summed E-state index contributed by atoms with van der Waals surface area (Å²) in [6.45, 7) is 15.0. The van der Waals surface area contributed by atoms with Crippen LogP contribution in [0.15, 0.2) is 24.3 Å². The Morgan fingerprint density at radius 2 is 1.95 bits per heavy atom. The van der Waals surface area contributed by atoms with Gasteiger partial charge in [0, 0.05) is 31.7 Å². The van der Waals surface area contributed by atoms with Crippen molar-refractivity contribution in [1.29, 1.82) is 0 Å². The Labute approximate surface area is 130 Å². The Bertz CT molecular complexity index is 447. The molecule has 1 N–H and O–H groups in total. The Morgan fingerprint density at radius 1 is 1.24 bits per heavy atom. The minimum Gasteiger partial charge on any atom is -0.311 e. The molecule has 21 heavy (non-hydrogen) atoms. The molecule has 1 aliphatic heterocycles. The van der Waals surface area contributed by atoms with Gasteiger partial charge in [0.05, 0.1) is 0 Å². The van der Waals surface area contributed by atoms with Gasteiger partial charge in [0.2, 0.25) is 0 Å². The van der Waals surface area contributed by atoms with Gasteiger partial charge in [0.1, 0.15) is 0 Å². The maximum Gasteiger partial charge on any atom is 0.0244 e. The smallest absolute Gasteiger partial charge is 0.0244 e. The summed E-state index contributed by atoms with van der Waals surface area (Å²) in [5, 5.41) is 3.76. The van der Waals surface area contributed by atoms with Crippen LogP contribution in [0.3, 0.4) is 0 Å². The van der Waals surface area contributed by atoms with Crippen molar-refractivity contribution in [2.24, 2.45) is 5.41 Å². The van der Waals surface area contributed by atoms with Crippen molar-refractivity contribution < 1.29 is 0 Å². The molecule has 0 bridgehead atoms. The van der Waals surface area contributed by atoms with Crippen LogP contribution < -0.4 is 5.32 Å². The maximum atomic E-state index is 3.76. The number of piperazine rings is 1. The highest BCUT2D eigenvalue weighted by Crippen LogP contribution is 2.24. The molecule has 0 amide bonds. The lowest BCUT2D eigenvalue weighted by Crippen LogP contribution is -2.60. The number of hydrogen-bond donors (Lipinski definition) is 1. The molecular weight excluding hydrogens is 256 g/mol. The van der Waals surface area contributed by atoms with Crippen molar-refractivity contribution in [3.05, 3.63) is 35.4 Å². The number of hydrogen-bond acceptors (Lipinski definition) is 2. The molecule has 0 aliphatic carbocycles. The zero-order chi connectivity index (χ0) is 15.5. The quantitative estimate of drug-likeness (QED) is 0.910. The SMILES string of the molecule is CCC1CNC(C(C)(C)C)CN1CCc1ccccc1C. The van der Waals surface area contributed by atoms with E-state index in [1.54, 1.807) is 0 Å². The summed E-state index contributed by atoms with van der Waals surface area (Å²) in [5.74, 6) is 0. The van der Waals surface area contributed by atoms with Gasteiger partial charge in [-0.3, -0.25) is 4.90 Å². The first kappa shape index (κ1) is 16.5. The fraction of sp³-hybridized carbons (Fsp3) is 0.684. The van der Waals surface area contributed by atoms with Crippen LogP contribution in [0.5, 0.6) is 0 Å². The van der Waals surface area contributed by atoms with Crippen LogP contribution >= 0.6 is 0 Å². The Hall–Kier alpha value is -0.860. The molecule has 2 atom stereocenters. The van der Waals surface area contributed by atoms with Crippen molar-refractivity contribution >= 4 is 0 Å². The predicted molar refractivity (Wildman–Crippen MR) is 91.8 cm³/mol. The zero-order valence-electron chi connectivity index (χ0n) is 14.4. The van der Waals surface area contributed by atoms with Crippen LogP contribution in [-0.4, -0.2) is 36.6 Å². The van der Waals surface area contributed by atoms with E-state index in [1.165, 1.54) is 37.1 Å². The molecule has 0 saturated carbocycles. The summed E-state index contributed by atoms with van der Waals surface area (Å²) in [6, 6.07) is 10.1. The number of nitrogens with one attached hydrogen (secondary N) is 1. The highest BCUT2D eigenvalue weighted by atomic mass is 15.2. The molecule has 1 aromatic rings. The summed E-state index contributed by atoms with van der Waals surface area (Å²) in [5.41, 5.74) is 3.26. The van der Waals surface area contributed by atoms with Gasteiger partial charge in [-0.1, -0.05) is 52.0 Å². The average Bonchev–Trinajstić information content (AvgIpc) is 2.45. The van der Waals surface area contributed by atoms with Crippen LogP contribution in [0, 0.1) is 12.3 Å². The van der Waals surface area contributed by atoms with E-state index in [4.69, 9.17) is 0 Å². The normalized spacial score (nSPS) is 24.2.